The Labute approximate surface area is 143 Å². The molecule has 1 N–H and O–H groups in total. The highest BCUT2D eigenvalue weighted by molar-refractivity contribution is 5.70. The molecular formula is C19H12N4O2. The second kappa shape index (κ2) is 6.69. The van der Waals surface area contributed by atoms with Gasteiger partial charge in [0.05, 0.1) is 5.56 Å². The Morgan fingerprint density at radius 2 is 1.84 bits per heavy atom. The van der Waals surface area contributed by atoms with E-state index in [2.05, 4.69) is 9.97 Å². The first kappa shape index (κ1) is 16.0. The molecule has 0 radical (unpaired) electrons. The maximum Gasteiger partial charge on any atom is 0.266 e. The van der Waals surface area contributed by atoms with Gasteiger partial charge in [-0.05, 0) is 36.8 Å². The molecule has 0 saturated heterocycles. The molecule has 120 valence electrons. The summed E-state index contributed by atoms with van der Waals surface area (Å²) in [6.07, 6.45) is 1.43. The Balaban J connectivity index is 1.89. The van der Waals surface area contributed by atoms with Gasteiger partial charge >= 0.3 is 0 Å². The molecule has 0 aliphatic rings. The van der Waals surface area contributed by atoms with Gasteiger partial charge in [-0.2, -0.15) is 10.5 Å². The first-order valence-electron chi connectivity index (χ1n) is 7.39. The molecule has 0 aliphatic carbocycles. The molecule has 0 atom stereocenters. The van der Waals surface area contributed by atoms with Gasteiger partial charge in [0, 0.05) is 23.5 Å². The number of hydrogen-bond acceptors (Lipinski definition) is 5. The average molecular weight is 328 g/mol. The van der Waals surface area contributed by atoms with Gasteiger partial charge < -0.3 is 9.72 Å². The summed E-state index contributed by atoms with van der Waals surface area (Å²) in [5.74, 6) is 0.928. The highest BCUT2D eigenvalue weighted by atomic mass is 16.5. The van der Waals surface area contributed by atoms with Gasteiger partial charge in [-0.15, -0.1) is 0 Å². The van der Waals surface area contributed by atoms with E-state index in [1.54, 1.807) is 49.4 Å². The third kappa shape index (κ3) is 3.39. The predicted octanol–water partition coefficient (Wildman–Crippen LogP) is 3.28. The van der Waals surface area contributed by atoms with Crippen LogP contribution in [0.25, 0.3) is 11.1 Å². The minimum atomic E-state index is -0.403. The van der Waals surface area contributed by atoms with Crippen LogP contribution in [0.5, 0.6) is 11.6 Å². The first-order valence-corrected chi connectivity index (χ1v) is 7.39. The predicted molar refractivity (Wildman–Crippen MR) is 91.0 cm³/mol. The van der Waals surface area contributed by atoms with Crippen molar-refractivity contribution in [3.63, 3.8) is 0 Å². The van der Waals surface area contributed by atoms with Crippen molar-refractivity contribution < 1.29 is 4.74 Å². The topological polar surface area (TPSA) is 103 Å². The van der Waals surface area contributed by atoms with Crippen LogP contribution in [0.15, 0.2) is 53.5 Å². The Bertz CT molecular complexity index is 1050. The Morgan fingerprint density at radius 1 is 1.08 bits per heavy atom. The highest BCUT2D eigenvalue weighted by Crippen LogP contribution is 2.26. The minimum absolute atomic E-state index is 0.0769. The summed E-state index contributed by atoms with van der Waals surface area (Å²) in [5, 5.41) is 18.0. The fraction of sp³-hybridized carbons (Fsp3) is 0.0526. The summed E-state index contributed by atoms with van der Waals surface area (Å²) >= 11 is 0. The lowest BCUT2D eigenvalue weighted by Gasteiger charge is -2.08. The number of H-pyrrole nitrogens is 1. The third-order valence-electron chi connectivity index (χ3n) is 3.53. The summed E-state index contributed by atoms with van der Waals surface area (Å²) in [6, 6.07) is 15.9. The van der Waals surface area contributed by atoms with E-state index in [4.69, 9.17) is 10.00 Å². The maximum absolute atomic E-state index is 11.9. The quantitative estimate of drug-likeness (QED) is 0.794. The Hall–Kier alpha value is -3.90. The molecule has 3 rings (SSSR count). The van der Waals surface area contributed by atoms with Crippen LogP contribution in [0.1, 0.15) is 16.8 Å². The number of nitrogens with one attached hydrogen (secondary N) is 1. The van der Waals surface area contributed by atoms with E-state index in [0.29, 0.717) is 28.5 Å². The van der Waals surface area contributed by atoms with Gasteiger partial charge in [0.1, 0.15) is 23.5 Å². The van der Waals surface area contributed by atoms with Crippen LogP contribution in [0, 0.1) is 29.6 Å². The zero-order valence-electron chi connectivity index (χ0n) is 13.3. The maximum atomic E-state index is 11.9. The van der Waals surface area contributed by atoms with Crippen LogP contribution in [-0.2, 0) is 0 Å². The standard InChI is InChI=1S/C19H12N4O2/c1-12-8-16(17(10-21)19(24)23-12)14-3-5-15(6-4-14)25-18-7-2-13(9-20)11-22-18/h2-8,11H,1H3,(H,23,24). The summed E-state index contributed by atoms with van der Waals surface area (Å²) in [6.45, 7) is 1.76. The molecule has 0 fully saturated rings. The zero-order valence-corrected chi connectivity index (χ0v) is 13.3. The van der Waals surface area contributed by atoms with E-state index < -0.39 is 5.56 Å². The lowest BCUT2D eigenvalue weighted by Crippen LogP contribution is -2.12. The molecule has 3 aromatic rings. The number of rotatable bonds is 3. The second-order valence-electron chi connectivity index (χ2n) is 5.31. The van der Waals surface area contributed by atoms with E-state index >= 15 is 0 Å². The summed E-state index contributed by atoms with van der Waals surface area (Å²) in [5.41, 5.74) is 2.13. The van der Waals surface area contributed by atoms with Crippen LogP contribution >= 0.6 is 0 Å². The molecule has 0 saturated carbocycles. The van der Waals surface area contributed by atoms with Crippen LogP contribution < -0.4 is 10.3 Å². The van der Waals surface area contributed by atoms with Crippen LogP contribution in [0.4, 0.5) is 0 Å². The van der Waals surface area contributed by atoms with Crippen molar-refractivity contribution in [2.75, 3.05) is 0 Å². The van der Waals surface area contributed by atoms with Crippen molar-refractivity contribution in [2.45, 2.75) is 6.92 Å². The minimum Gasteiger partial charge on any atom is -0.439 e. The number of ether oxygens (including phenoxy) is 1. The SMILES string of the molecule is Cc1cc(-c2ccc(Oc3ccc(C#N)cn3)cc2)c(C#N)c(=O)[nH]1. The second-order valence-corrected chi connectivity index (χ2v) is 5.31. The van der Waals surface area contributed by atoms with Crippen molar-refractivity contribution >= 4 is 0 Å². The lowest BCUT2D eigenvalue weighted by atomic mass is 10.0. The smallest absolute Gasteiger partial charge is 0.266 e. The van der Waals surface area contributed by atoms with E-state index in [9.17, 15) is 10.1 Å². The molecule has 6 nitrogen and oxygen atoms in total. The summed E-state index contributed by atoms with van der Waals surface area (Å²) in [7, 11) is 0. The molecule has 2 aromatic heterocycles. The van der Waals surface area contributed by atoms with Crippen LogP contribution in [0.3, 0.4) is 0 Å². The monoisotopic (exact) mass is 328 g/mol. The highest BCUT2D eigenvalue weighted by Gasteiger charge is 2.10. The van der Waals surface area contributed by atoms with Crippen molar-refractivity contribution in [2.24, 2.45) is 0 Å². The molecule has 25 heavy (non-hydrogen) atoms. The molecule has 6 heteroatoms. The van der Waals surface area contributed by atoms with Gasteiger partial charge in [-0.1, -0.05) is 12.1 Å². The first-order chi connectivity index (χ1) is 12.1. The van der Waals surface area contributed by atoms with Gasteiger partial charge in [-0.25, -0.2) is 4.98 Å². The molecule has 0 spiro atoms. The number of nitriles is 2. The number of aromatic amines is 1. The Kier molecular flexibility index (Phi) is 4.28. The third-order valence-corrected chi connectivity index (χ3v) is 3.53. The van der Waals surface area contributed by atoms with E-state index in [1.807, 2.05) is 12.1 Å². The molecular weight excluding hydrogens is 316 g/mol. The zero-order chi connectivity index (χ0) is 17.8. The number of nitrogens with zero attached hydrogens (tertiary/aromatic N) is 3. The van der Waals surface area contributed by atoms with Crippen LogP contribution in [-0.4, -0.2) is 9.97 Å². The molecule has 0 unspecified atom stereocenters. The Morgan fingerprint density at radius 3 is 2.44 bits per heavy atom. The molecule has 2 heterocycles. The normalized spacial score (nSPS) is 9.88. The molecule has 0 bridgehead atoms. The molecule has 0 aliphatic heterocycles. The fourth-order valence-corrected chi connectivity index (χ4v) is 2.36. The van der Waals surface area contributed by atoms with E-state index in [-0.39, 0.29) is 5.56 Å². The van der Waals surface area contributed by atoms with E-state index in [1.165, 1.54) is 6.20 Å². The number of aryl methyl sites for hydroxylation is 1. The van der Waals surface area contributed by atoms with Gasteiger partial charge in [-0.3, -0.25) is 4.79 Å². The summed E-state index contributed by atoms with van der Waals surface area (Å²) < 4.78 is 5.62. The largest absolute Gasteiger partial charge is 0.439 e. The van der Waals surface area contributed by atoms with E-state index in [0.717, 1.165) is 5.56 Å². The number of benzene rings is 1. The van der Waals surface area contributed by atoms with Gasteiger partial charge in [0.15, 0.2) is 0 Å². The van der Waals surface area contributed by atoms with Gasteiger partial charge in [0.25, 0.3) is 5.56 Å². The number of hydrogen-bond donors (Lipinski definition) is 1. The van der Waals surface area contributed by atoms with Crippen molar-refractivity contribution in [3.8, 4) is 34.9 Å². The van der Waals surface area contributed by atoms with Crippen LogP contribution in [0.2, 0.25) is 0 Å². The molecule has 1 aromatic carbocycles. The van der Waals surface area contributed by atoms with Crippen molar-refractivity contribution in [1.82, 2.24) is 9.97 Å². The van der Waals surface area contributed by atoms with Crippen molar-refractivity contribution in [1.29, 1.82) is 10.5 Å². The average Bonchev–Trinajstić information content (AvgIpc) is 2.62. The molecule has 0 amide bonds. The fourth-order valence-electron chi connectivity index (χ4n) is 2.36. The lowest BCUT2D eigenvalue weighted by molar-refractivity contribution is 0.463. The summed E-state index contributed by atoms with van der Waals surface area (Å²) in [4.78, 5) is 18.6. The van der Waals surface area contributed by atoms with Crippen molar-refractivity contribution in [3.05, 3.63) is 75.8 Å². The van der Waals surface area contributed by atoms with Gasteiger partial charge in [0.2, 0.25) is 5.88 Å². The number of aromatic nitrogens is 2. The number of pyridine rings is 2.